The van der Waals surface area contributed by atoms with Crippen molar-refractivity contribution in [3.8, 4) is 0 Å². The van der Waals surface area contributed by atoms with Crippen LogP contribution in [0.2, 0.25) is 0 Å². The summed E-state index contributed by atoms with van der Waals surface area (Å²) in [6.07, 6.45) is 0. The summed E-state index contributed by atoms with van der Waals surface area (Å²) in [5.41, 5.74) is 4.58. The Hall–Kier alpha value is -2.10. The molecule has 1 heterocycles. The predicted molar refractivity (Wildman–Crippen MR) is 70.4 cm³/mol. The summed E-state index contributed by atoms with van der Waals surface area (Å²) in [7, 11) is 0. The fourth-order valence-corrected chi connectivity index (χ4v) is 1.79. The number of nitrogens with one attached hydrogen (secondary N) is 2. The number of rotatable bonds is 3. The van der Waals surface area contributed by atoms with Gasteiger partial charge in [-0.25, -0.2) is 0 Å². The first-order valence-electron chi connectivity index (χ1n) is 5.93. The van der Waals surface area contributed by atoms with E-state index in [1.54, 1.807) is 0 Å². The summed E-state index contributed by atoms with van der Waals surface area (Å²) in [6, 6.07) is 8.08. The molecule has 1 amide bonds. The summed E-state index contributed by atoms with van der Waals surface area (Å²) in [5, 5.41) is 9.70. The summed E-state index contributed by atoms with van der Waals surface area (Å²) < 4.78 is 0. The highest BCUT2D eigenvalue weighted by atomic mass is 16.1. The molecule has 0 bridgehead atoms. The van der Waals surface area contributed by atoms with Gasteiger partial charge in [0.25, 0.3) is 5.91 Å². The monoisotopic (exact) mass is 243 g/mol. The molecule has 1 aromatic heterocycles. The average Bonchev–Trinajstić information content (AvgIpc) is 2.67. The molecule has 4 heteroatoms. The maximum absolute atomic E-state index is 11.9. The van der Waals surface area contributed by atoms with Crippen LogP contribution < -0.4 is 5.32 Å². The van der Waals surface area contributed by atoms with Crippen LogP contribution in [0.4, 0.5) is 0 Å². The molecule has 18 heavy (non-hydrogen) atoms. The van der Waals surface area contributed by atoms with Crippen LogP contribution >= 0.6 is 0 Å². The summed E-state index contributed by atoms with van der Waals surface area (Å²) in [6.45, 7) is 6.35. The van der Waals surface area contributed by atoms with Crippen molar-refractivity contribution in [3.05, 3.63) is 52.3 Å². The number of aromatic nitrogens is 2. The van der Waals surface area contributed by atoms with Crippen molar-refractivity contribution in [3.63, 3.8) is 0 Å². The van der Waals surface area contributed by atoms with Gasteiger partial charge in [0.15, 0.2) is 5.69 Å². The summed E-state index contributed by atoms with van der Waals surface area (Å²) >= 11 is 0. The van der Waals surface area contributed by atoms with E-state index in [1.165, 1.54) is 5.56 Å². The zero-order chi connectivity index (χ0) is 13.1. The Morgan fingerprint density at radius 1 is 1.33 bits per heavy atom. The Bertz CT molecular complexity index is 572. The molecule has 2 N–H and O–H groups in total. The van der Waals surface area contributed by atoms with Gasteiger partial charge in [-0.1, -0.05) is 29.8 Å². The summed E-state index contributed by atoms with van der Waals surface area (Å²) in [5.74, 6) is -0.140. The second kappa shape index (κ2) is 5.04. The van der Waals surface area contributed by atoms with Gasteiger partial charge in [0.05, 0.1) is 0 Å². The molecule has 94 valence electrons. The van der Waals surface area contributed by atoms with Gasteiger partial charge in [-0.3, -0.25) is 9.89 Å². The zero-order valence-corrected chi connectivity index (χ0v) is 10.9. The van der Waals surface area contributed by atoms with Crippen molar-refractivity contribution in [2.24, 2.45) is 0 Å². The maximum Gasteiger partial charge on any atom is 0.272 e. The van der Waals surface area contributed by atoms with Crippen molar-refractivity contribution < 1.29 is 4.79 Å². The number of hydrogen-bond acceptors (Lipinski definition) is 2. The molecule has 1 aromatic carbocycles. The zero-order valence-electron chi connectivity index (χ0n) is 10.9. The molecule has 0 radical (unpaired) electrons. The van der Waals surface area contributed by atoms with E-state index in [9.17, 15) is 4.79 Å². The quantitative estimate of drug-likeness (QED) is 0.868. The van der Waals surface area contributed by atoms with Crippen LogP contribution in [0.1, 0.15) is 32.9 Å². The number of hydrogen-bond donors (Lipinski definition) is 2. The van der Waals surface area contributed by atoms with E-state index in [1.807, 2.05) is 39.0 Å². The Kier molecular flexibility index (Phi) is 3.46. The minimum Gasteiger partial charge on any atom is -0.347 e. The first kappa shape index (κ1) is 12.4. The molecule has 0 saturated carbocycles. The lowest BCUT2D eigenvalue weighted by atomic mass is 10.1. The van der Waals surface area contributed by atoms with Crippen LogP contribution in [-0.4, -0.2) is 16.1 Å². The number of nitrogens with zero attached hydrogens (tertiary/aromatic N) is 1. The van der Waals surface area contributed by atoms with Gasteiger partial charge >= 0.3 is 0 Å². The van der Waals surface area contributed by atoms with Crippen molar-refractivity contribution in [1.29, 1.82) is 0 Å². The number of amides is 1. The first-order valence-corrected chi connectivity index (χ1v) is 5.93. The number of aryl methyl sites for hydroxylation is 2. The highest BCUT2D eigenvalue weighted by molar-refractivity contribution is 5.93. The highest BCUT2D eigenvalue weighted by Gasteiger charge is 2.13. The second-order valence-corrected chi connectivity index (χ2v) is 4.49. The fraction of sp³-hybridized carbons (Fsp3) is 0.286. The Morgan fingerprint density at radius 2 is 2.11 bits per heavy atom. The van der Waals surface area contributed by atoms with Crippen molar-refractivity contribution in [2.45, 2.75) is 27.3 Å². The topological polar surface area (TPSA) is 57.8 Å². The molecule has 0 aliphatic carbocycles. The third-order valence-electron chi connectivity index (χ3n) is 3.00. The molecule has 0 saturated heterocycles. The third-order valence-corrected chi connectivity index (χ3v) is 3.00. The van der Waals surface area contributed by atoms with E-state index in [0.717, 1.165) is 16.8 Å². The lowest BCUT2D eigenvalue weighted by Gasteiger charge is -2.05. The SMILES string of the molecule is Cc1cccc(CNC(=O)c2n[nH]c(C)c2C)c1. The van der Waals surface area contributed by atoms with Crippen LogP contribution in [0.25, 0.3) is 0 Å². The van der Waals surface area contributed by atoms with Gasteiger partial charge in [-0.2, -0.15) is 5.10 Å². The molecule has 0 fully saturated rings. The van der Waals surface area contributed by atoms with Gasteiger partial charge in [-0.15, -0.1) is 0 Å². The number of H-pyrrole nitrogens is 1. The van der Waals surface area contributed by atoms with E-state index in [4.69, 9.17) is 0 Å². The van der Waals surface area contributed by atoms with Gasteiger partial charge in [0.1, 0.15) is 0 Å². The number of carbonyl (C=O) groups excluding carboxylic acids is 1. The lowest BCUT2D eigenvalue weighted by Crippen LogP contribution is -2.23. The number of benzene rings is 1. The van der Waals surface area contributed by atoms with Crippen LogP contribution in [0.15, 0.2) is 24.3 Å². The minimum atomic E-state index is -0.140. The number of carbonyl (C=O) groups is 1. The highest BCUT2D eigenvalue weighted by Crippen LogP contribution is 2.09. The second-order valence-electron chi connectivity index (χ2n) is 4.49. The Balaban J connectivity index is 2.03. The lowest BCUT2D eigenvalue weighted by molar-refractivity contribution is 0.0945. The molecule has 0 atom stereocenters. The predicted octanol–water partition coefficient (Wildman–Crippen LogP) is 2.26. The van der Waals surface area contributed by atoms with Gasteiger partial charge < -0.3 is 5.32 Å². The molecule has 0 unspecified atom stereocenters. The largest absolute Gasteiger partial charge is 0.347 e. The Labute approximate surface area is 106 Å². The van der Waals surface area contributed by atoms with Gasteiger partial charge in [0.2, 0.25) is 0 Å². The summed E-state index contributed by atoms with van der Waals surface area (Å²) in [4.78, 5) is 11.9. The van der Waals surface area contributed by atoms with Crippen molar-refractivity contribution in [2.75, 3.05) is 0 Å². The molecule has 0 spiro atoms. The van der Waals surface area contributed by atoms with Crippen LogP contribution in [0.5, 0.6) is 0 Å². The van der Waals surface area contributed by atoms with E-state index in [0.29, 0.717) is 12.2 Å². The van der Waals surface area contributed by atoms with Gasteiger partial charge in [-0.05, 0) is 26.3 Å². The molecule has 0 aliphatic rings. The van der Waals surface area contributed by atoms with Crippen molar-refractivity contribution in [1.82, 2.24) is 15.5 Å². The van der Waals surface area contributed by atoms with Gasteiger partial charge in [0, 0.05) is 17.8 Å². The molecule has 4 nitrogen and oxygen atoms in total. The smallest absolute Gasteiger partial charge is 0.272 e. The van der Waals surface area contributed by atoms with Crippen LogP contribution in [0, 0.1) is 20.8 Å². The molecule has 2 aromatic rings. The third kappa shape index (κ3) is 2.59. The van der Waals surface area contributed by atoms with Crippen LogP contribution in [-0.2, 0) is 6.54 Å². The Morgan fingerprint density at radius 3 is 2.72 bits per heavy atom. The maximum atomic E-state index is 11.9. The van der Waals surface area contributed by atoms with E-state index >= 15 is 0 Å². The minimum absolute atomic E-state index is 0.140. The van der Waals surface area contributed by atoms with E-state index in [-0.39, 0.29) is 5.91 Å². The molecular weight excluding hydrogens is 226 g/mol. The molecule has 2 rings (SSSR count). The molecule has 0 aliphatic heterocycles. The number of aromatic amines is 1. The molecular formula is C14H17N3O. The fourth-order valence-electron chi connectivity index (χ4n) is 1.79. The van der Waals surface area contributed by atoms with E-state index < -0.39 is 0 Å². The standard InChI is InChI=1S/C14H17N3O/c1-9-5-4-6-12(7-9)8-15-14(18)13-10(2)11(3)16-17-13/h4-7H,8H2,1-3H3,(H,15,18)(H,16,17). The average molecular weight is 243 g/mol. The normalized spacial score (nSPS) is 10.4. The van der Waals surface area contributed by atoms with Crippen LogP contribution in [0.3, 0.4) is 0 Å². The first-order chi connectivity index (χ1) is 8.58. The van der Waals surface area contributed by atoms with E-state index in [2.05, 4.69) is 21.6 Å². The van der Waals surface area contributed by atoms with Crippen molar-refractivity contribution >= 4 is 5.91 Å².